The number of hydrogen-bond donors (Lipinski definition) is 1. The van der Waals surface area contributed by atoms with Crippen molar-refractivity contribution in [2.75, 3.05) is 7.11 Å². The molecule has 3 atom stereocenters. The maximum atomic E-state index is 12.5. The predicted molar refractivity (Wildman–Crippen MR) is 95.5 cm³/mol. The number of nitrogens with zero attached hydrogens (tertiary/aromatic N) is 1. The van der Waals surface area contributed by atoms with Gasteiger partial charge in [-0.15, -0.1) is 0 Å². The highest BCUT2D eigenvalue weighted by molar-refractivity contribution is 5.84. The van der Waals surface area contributed by atoms with E-state index in [1.165, 1.54) is 5.56 Å². The number of ether oxygens (including phenoxy) is 1. The molecule has 2 aromatic rings. The Labute approximate surface area is 148 Å². The van der Waals surface area contributed by atoms with Crippen LogP contribution in [0.3, 0.4) is 0 Å². The van der Waals surface area contributed by atoms with Gasteiger partial charge < -0.3 is 9.84 Å². The number of phenolic OH excluding ortho intramolecular Hbond substituents is 1. The fourth-order valence-corrected chi connectivity index (χ4v) is 4.43. The van der Waals surface area contributed by atoms with Crippen molar-refractivity contribution in [2.24, 2.45) is 5.92 Å². The Hall–Kier alpha value is -2.33. The second-order valence-corrected chi connectivity index (χ2v) is 7.04. The number of hydrogen-bond acceptors (Lipinski definition) is 4. The second kappa shape index (κ2) is 6.52. The smallest absolute Gasteiger partial charge is 0.160 e. The summed E-state index contributed by atoms with van der Waals surface area (Å²) in [4.78, 5) is 15.0. The van der Waals surface area contributed by atoms with Crippen molar-refractivity contribution >= 4 is 5.78 Å². The highest BCUT2D eigenvalue weighted by atomic mass is 16.5. The number of phenols is 1. The molecule has 0 spiro atoms. The largest absolute Gasteiger partial charge is 0.504 e. The lowest BCUT2D eigenvalue weighted by molar-refractivity contribution is -0.138. The molecule has 3 unspecified atom stereocenters. The van der Waals surface area contributed by atoms with Crippen LogP contribution in [-0.2, 0) is 11.3 Å². The lowest BCUT2D eigenvalue weighted by atomic mass is 9.71. The summed E-state index contributed by atoms with van der Waals surface area (Å²) in [6.07, 6.45) is 2.66. The molecular weight excluding hydrogens is 314 g/mol. The summed E-state index contributed by atoms with van der Waals surface area (Å²) < 4.78 is 5.16. The van der Waals surface area contributed by atoms with Crippen LogP contribution in [0.15, 0.2) is 48.5 Å². The SMILES string of the molecule is COc1ccc(C2C3CCC(CC3=O)N2Cc2ccccc2)cc1O. The molecule has 0 aromatic heterocycles. The molecule has 2 bridgehead atoms. The van der Waals surface area contributed by atoms with Gasteiger partial charge in [-0.3, -0.25) is 9.69 Å². The molecule has 25 heavy (non-hydrogen) atoms. The average Bonchev–Trinajstić information content (AvgIpc) is 2.63. The zero-order valence-electron chi connectivity index (χ0n) is 14.4. The molecule has 2 heterocycles. The van der Waals surface area contributed by atoms with Gasteiger partial charge in [0.1, 0.15) is 5.78 Å². The molecule has 1 N–H and O–H groups in total. The number of carbonyl (C=O) groups is 1. The quantitative estimate of drug-likeness (QED) is 0.924. The van der Waals surface area contributed by atoms with Gasteiger partial charge in [-0.1, -0.05) is 36.4 Å². The fraction of sp³-hybridized carbons (Fsp3) is 0.381. The number of fused-ring (bicyclic) bond motifs is 3. The average molecular weight is 337 g/mol. The number of rotatable bonds is 4. The van der Waals surface area contributed by atoms with Crippen molar-refractivity contribution < 1.29 is 14.6 Å². The Morgan fingerprint density at radius 3 is 2.64 bits per heavy atom. The minimum atomic E-state index is 0.0153. The summed E-state index contributed by atoms with van der Waals surface area (Å²) in [6.45, 7) is 0.826. The van der Waals surface area contributed by atoms with Crippen LogP contribution in [0.5, 0.6) is 11.5 Å². The highest BCUT2D eigenvalue weighted by Gasteiger charge is 2.47. The van der Waals surface area contributed by atoms with E-state index in [4.69, 9.17) is 4.74 Å². The Balaban J connectivity index is 1.70. The highest BCUT2D eigenvalue weighted by Crippen LogP contribution is 2.47. The molecule has 4 nitrogen and oxygen atoms in total. The normalized spacial score (nSPS) is 26.0. The van der Waals surface area contributed by atoms with Gasteiger partial charge >= 0.3 is 0 Å². The number of ketones is 1. The monoisotopic (exact) mass is 337 g/mol. The van der Waals surface area contributed by atoms with E-state index >= 15 is 0 Å². The van der Waals surface area contributed by atoms with Crippen LogP contribution in [0.4, 0.5) is 0 Å². The molecule has 1 aliphatic carbocycles. The zero-order valence-corrected chi connectivity index (χ0v) is 14.4. The van der Waals surface area contributed by atoms with E-state index < -0.39 is 0 Å². The van der Waals surface area contributed by atoms with Crippen molar-refractivity contribution in [3.05, 3.63) is 59.7 Å². The number of methoxy groups -OCH3 is 1. The summed E-state index contributed by atoms with van der Waals surface area (Å²) in [5.41, 5.74) is 2.25. The molecule has 130 valence electrons. The lowest BCUT2D eigenvalue weighted by Gasteiger charge is -2.50. The van der Waals surface area contributed by atoms with E-state index in [-0.39, 0.29) is 23.8 Å². The van der Waals surface area contributed by atoms with Gasteiger partial charge in [-0.25, -0.2) is 0 Å². The third-order valence-electron chi connectivity index (χ3n) is 5.62. The first-order valence-corrected chi connectivity index (χ1v) is 8.86. The number of benzene rings is 2. The number of Topliss-reactive ketones (excluding diaryl/α,β-unsaturated/α-hetero) is 1. The van der Waals surface area contributed by atoms with Crippen LogP contribution < -0.4 is 4.74 Å². The number of aromatic hydroxyl groups is 1. The van der Waals surface area contributed by atoms with Gasteiger partial charge in [-0.05, 0) is 36.1 Å². The van der Waals surface area contributed by atoms with Crippen LogP contribution in [0, 0.1) is 5.92 Å². The second-order valence-electron chi connectivity index (χ2n) is 7.04. The molecule has 5 rings (SSSR count). The van der Waals surface area contributed by atoms with Gasteiger partial charge in [-0.2, -0.15) is 0 Å². The first kappa shape index (κ1) is 16.2. The first-order chi connectivity index (χ1) is 12.2. The predicted octanol–water partition coefficient (Wildman–Crippen LogP) is 3.70. The molecular formula is C21H23NO3. The third kappa shape index (κ3) is 2.91. The summed E-state index contributed by atoms with van der Waals surface area (Å²) in [6, 6.07) is 16.2. The fourth-order valence-electron chi connectivity index (χ4n) is 4.43. The Bertz CT molecular complexity index is 774. The van der Waals surface area contributed by atoms with Crippen molar-refractivity contribution in [3.8, 4) is 11.5 Å². The van der Waals surface area contributed by atoms with E-state index in [1.807, 2.05) is 12.1 Å². The number of piperidine rings is 2. The first-order valence-electron chi connectivity index (χ1n) is 8.86. The molecule has 4 heteroatoms. The van der Waals surface area contributed by atoms with Gasteiger partial charge in [0.15, 0.2) is 11.5 Å². The Morgan fingerprint density at radius 1 is 1.16 bits per heavy atom. The summed E-state index contributed by atoms with van der Waals surface area (Å²) in [7, 11) is 1.54. The maximum absolute atomic E-state index is 12.5. The molecule has 2 saturated heterocycles. The zero-order chi connectivity index (χ0) is 17.4. The molecule has 0 radical (unpaired) electrons. The maximum Gasteiger partial charge on any atom is 0.160 e. The molecule has 3 aliphatic rings. The van der Waals surface area contributed by atoms with Gasteiger partial charge in [0.05, 0.1) is 7.11 Å². The van der Waals surface area contributed by atoms with Crippen molar-refractivity contribution in [1.82, 2.24) is 4.90 Å². The van der Waals surface area contributed by atoms with Crippen LogP contribution in [0.2, 0.25) is 0 Å². The molecule has 2 aliphatic heterocycles. The molecule has 2 aromatic carbocycles. The number of carbonyl (C=O) groups excluding carboxylic acids is 1. The van der Waals surface area contributed by atoms with Crippen LogP contribution in [-0.4, -0.2) is 28.9 Å². The summed E-state index contributed by atoms with van der Waals surface area (Å²) in [5, 5.41) is 10.2. The van der Waals surface area contributed by atoms with Crippen molar-refractivity contribution in [3.63, 3.8) is 0 Å². The topological polar surface area (TPSA) is 49.8 Å². The minimum Gasteiger partial charge on any atom is -0.504 e. The Kier molecular flexibility index (Phi) is 4.22. The summed E-state index contributed by atoms with van der Waals surface area (Å²) >= 11 is 0. The van der Waals surface area contributed by atoms with Crippen molar-refractivity contribution in [2.45, 2.75) is 37.9 Å². The van der Waals surface area contributed by atoms with E-state index in [0.29, 0.717) is 18.0 Å². The Morgan fingerprint density at radius 2 is 1.96 bits per heavy atom. The van der Waals surface area contributed by atoms with Crippen LogP contribution in [0.1, 0.15) is 36.4 Å². The van der Waals surface area contributed by atoms with E-state index in [1.54, 1.807) is 19.2 Å². The molecule has 1 saturated carbocycles. The summed E-state index contributed by atoms with van der Waals surface area (Å²) in [5.74, 6) is 0.974. The van der Waals surface area contributed by atoms with E-state index in [2.05, 4.69) is 29.2 Å². The van der Waals surface area contributed by atoms with Gasteiger partial charge in [0.25, 0.3) is 0 Å². The van der Waals surface area contributed by atoms with Crippen LogP contribution >= 0.6 is 0 Å². The van der Waals surface area contributed by atoms with Crippen LogP contribution in [0.25, 0.3) is 0 Å². The molecule has 0 amide bonds. The minimum absolute atomic E-state index is 0.0153. The molecule has 3 fully saturated rings. The standard InChI is InChI=1S/C21H23NO3/c1-25-20-10-7-15(11-19(20)24)21-17-9-8-16(12-18(17)23)22(21)13-14-5-3-2-4-6-14/h2-7,10-11,16-17,21,24H,8-9,12-13H2,1H3. The van der Waals surface area contributed by atoms with Gasteiger partial charge in [0, 0.05) is 31.0 Å². The third-order valence-corrected chi connectivity index (χ3v) is 5.62. The van der Waals surface area contributed by atoms with E-state index in [0.717, 1.165) is 24.9 Å². The van der Waals surface area contributed by atoms with Gasteiger partial charge in [0.2, 0.25) is 0 Å². The lowest BCUT2D eigenvalue weighted by Crippen LogP contribution is -2.53. The van der Waals surface area contributed by atoms with Crippen molar-refractivity contribution in [1.29, 1.82) is 0 Å². The van der Waals surface area contributed by atoms with E-state index in [9.17, 15) is 9.90 Å².